The Morgan fingerprint density at radius 3 is 2.83 bits per heavy atom. The van der Waals surface area contributed by atoms with Crippen LogP contribution in [0.4, 0.5) is 11.4 Å². The number of nitrogens with zero attached hydrogens (tertiary/aromatic N) is 1. The van der Waals surface area contributed by atoms with Gasteiger partial charge in [0.1, 0.15) is 10.7 Å². The second kappa shape index (κ2) is 7.89. The summed E-state index contributed by atoms with van der Waals surface area (Å²) in [5.41, 5.74) is 0.412. The van der Waals surface area contributed by atoms with E-state index in [1.807, 2.05) is 0 Å². The van der Waals surface area contributed by atoms with Crippen LogP contribution in [0.1, 0.15) is 19.3 Å². The summed E-state index contributed by atoms with van der Waals surface area (Å²) < 4.78 is 4.95. The Morgan fingerprint density at radius 1 is 1.39 bits per heavy atom. The lowest BCUT2D eigenvalue weighted by atomic mass is 10.2. The second-order valence-corrected chi connectivity index (χ2v) is 4.28. The first kappa shape index (κ1) is 14.7. The molecule has 0 aliphatic heterocycles. The summed E-state index contributed by atoms with van der Waals surface area (Å²) in [7, 11) is 1.67. The van der Waals surface area contributed by atoms with Crippen molar-refractivity contribution in [2.45, 2.75) is 19.3 Å². The number of hydrogen-bond donors (Lipinski definition) is 1. The number of halogens is 1. The number of rotatable bonds is 8. The van der Waals surface area contributed by atoms with Crippen LogP contribution in [0.3, 0.4) is 0 Å². The topological polar surface area (TPSA) is 64.4 Å². The summed E-state index contributed by atoms with van der Waals surface area (Å²) in [6.07, 6.45) is 2.96. The van der Waals surface area contributed by atoms with E-state index in [0.29, 0.717) is 12.2 Å². The van der Waals surface area contributed by atoms with Gasteiger partial charge in [0.25, 0.3) is 0 Å². The van der Waals surface area contributed by atoms with Crippen molar-refractivity contribution in [2.75, 3.05) is 25.6 Å². The van der Waals surface area contributed by atoms with Crippen molar-refractivity contribution in [1.29, 1.82) is 0 Å². The highest BCUT2D eigenvalue weighted by Gasteiger charge is 2.17. The zero-order chi connectivity index (χ0) is 13.4. The van der Waals surface area contributed by atoms with E-state index in [2.05, 4.69) is 5.32 Å². The number of benzene rings is 1. The van der Waals surface area contributed by atoms with Gasteiger partial charge in [0.15, 0.2) is 0 Å². The number of methoxy groups -OCH3 is 1. The van der Waals surface area contributed by atoms with Crippen LogP contribution < -0.4 is 5.32 Å². The molecule has 0 bridgehead atoms. The summed E-state index contributed by atoms with van der Waals surface area (Å²) in [6.45, 7) is 1.43. The average molecular weight is 273 g/mol. The van der Waals surface area contributed by atoms with Crippen LogP contribution in [-0.2, 0) is 4.74 Å². The first-order chi connectivity index (χ1) is 8.66. The molecule has 1 N–H and O–H groups in total. The molecule has 0 atom stereocenters. The molecule has 0 fully saturated rings. The first-order valence-corrected chi connectivity index (χ1v) is 6.20. The maximum absolute atomic E-state index is 10.9. The molecule has 100 valence electrons. The molecule has 0 heterocycles. The minimum absolute atomic E-state index is 0.0592. The molecular formula is C12H17ClN2O3. The third-order valence-electron chi connectivity index (χ3n) is 2.51. The molecule has 0 saturated heterocycles. The Balaban J connectivity index is 2.47. The van der Waals surface area contributed by atoms with Crippen molar-refractivity contribution in [3.63, 3.8) is 0 Å². The Kier molecular flexibility index (Phi) is 6.46. The van der Waals surface area contributed by atoms with E-state index in [4.69, 9.17) is 16.3 Å². The summed E-state index contributed by atoms with van der Waals surface area (Å²) in [5.74, 6) is 0. The van der Waals surface area contributed by atoms with Gasteiger partial charge in [-0.3, -0.25) is 10.1 Å². The summed E-state index contributed by atoms with van der Waals surface area (Å²) in [4.78, 5) is 10.4. The molecule has 0 aliphatic carbocycles. The number of nitro benzene ring substituents is 1. The number of anilines is 1. The maximum Gasteiger partial charge on any atom is 0.310 e. The van der Waals surface area contributed by atoms with E-state index in [0.717, 1.165) is 25.9 Å². The van der Waals surface area contributed by atoms with Crippen LogP contribution in [0.25, 0.3) is 0 Å². The van der Waals surface area contributed by atoms with Crippen LogP contribution in [0, 0.1) is 10.1 Å². The molecule has 0 spiro atoms. The Bertz CT molecular complexity index is 399. The smallest absolute Gasteiger partial charge is 0.310 e. The molecule has 0 saturated carbocycles. The number of nitro groups is 1. The summed E-state index contributed by atoms with van der Waals surface area (Å²) in [6, 6.07) is 4.88. The van der Waals surface area contributed by atoms with E-state index in [9.17, 15) is 10.1 Å². The van der Waals surface area contributed by atoms with Crippen LogP contribution in [0.2, 0.25) is 5.02 Å². The third kappa shape index (κ3) is 4.50. The monoisotopic (exact) mass is 272 g/mol. The van der Waals surface area contributed by atoms with E-state index >= 15 is 0 Å². The van der Waals surface area contributed by atoms with Gasteiger partial charge in [0.05, 0.1) is 4.92 Å². The minimum atomic E-state index is -0.463. The fourth-order valence-electron chi connectivity index (χ4n) is 1.61. The molecule has 18 heavy (non-hydrogen) atoms. The molecule has 0 unspecified atom stereocenters. The van der Waals surface area contributed by atoms with Crippen LogP contribution >= 0.6 is 11.6 Å². The molecule has 5 nitrogen and oxygen atoms in total. The Hall–Kier alpha value is -1.33. The maximum atomic E-state index is 10.9. The van der Waals surface area contributed by atoms with Gasteiger partial charge in [-0.25, -0.2) is 0 Å². The lowest BCUT2D eigenvalue weighted by molar-refractivity contribution is -0.383. The molecule has 1 rings (SSSR count). The number of ether oxygens (including phenoxy) is 1. The largest absolute Gasteiger partial charge is 0.385 e. The third-order valence-corrected chi connectivity index (χ3v) is 2.82. The molecule has 1 aromatic carbocycles. The average Bonchev–Trinajstić information content (AvgIpc) is 2.33. The number of para-hydroxylation sites is 1. The van der Waals surface area contributed by atoms with Crippen LogP contribution in [0.5, 0.6) is 0 Å². The first-order valence-electron chi connectivity index (χ1n) is 5.82. The fourth-order valence-corrected chi connectivity index (χ4v) is 1.86. The number of unbranched alkanes of at least 4 members (excludes halogenated alkanes) is 2. The van der Waals surface area contributed by atoms with Gasteiger partial charge in [0.2, 0.25) is 0 Å². The molecule has 1 aromatic rings. The lowest BCUT2D eigenvalue weighted by Gasteiger charge is -2.07. The van der Waals surface area contributed by atoms with Crippen molar-refractivity contribution >= 4 is 23.0 Å². The molecule has 0 amide bonds. The highest BCUT2D eigenvalue weighted by molar-refractivity contribution is 6.33. The second-order valence-electron chi connectivity index (χ2n) is 3.87. The van der Waals surface area contributed by atoms with Gasteiger partial charge >= 0.3 is 5.69 Å². The van der Waals surface area contributed by atoms with Crippen molar-refractivity contribution in [3.8, 4) is 0 Å². The van der Waals surface area contributed by atoms with E-state index in [1.54, 1.807) is 19.2 Å². The normalized spacial score (nSPS) is 10.3. The van der Waals surface area contributed by atoms with Gasteiger partial charge in [0, 0.05) is 20.3 Å². The summed E-state index contributed by atoms with van der Waals surface area (Å²) >= 11 is 5.81. The van der Waals surface area contributed by atoms with Crippen molar-refractivity contribution < 1.29 is 9.66 Å². The summed E-state index contributed by atoms with van der Waals surface area (Å²) in [5, 5.41) is 14.1. The van der Waals surface area contributed by atoms with E-state index in [-0.39, 0.29) is 10.7 Å². The van der Waals surface area contributed by atoms with E-state index in [1.165, 1.54) is 6.07 Å². The van der Waals surface area contributed by atoms with Crippen molar-refractivity contribution in [3.05, 3.63) is 33.3 Å². The highest BCUT2D eigenvalue weighted by Crippen LogP contribution is 2.32. The van der Waals surface area contributed by atoms with Crippen molar-refractivity contribution in [2.24, 2.45) is 0 Å². The van der Waals surface area contributed by atoms with Crippen molar-refractivity contribution in [1.82, 2.24) is 0 Å². The molecule has 0 radical (unpaired) electrons. The molecule has 0 aliphatic rings. The van der Waals surface area contributed by atoms with Gasteiger partial charge in [-0.1, -0.05) is 17.7 Å². The molecular weight excluding hydrogens is 256 g/mol. The number of nitrogens with one attached hydrogen (secondary N) is 1. The van der Waals surface area contributed by atoms with Gasteiger partial charge in [-0.2, -0.15) is 0 Å². The predicted octanol–water partition coefficient (Wildman–Crippen LogP) is 3.48. The van der Waals surface area contributed by atoms with Gasteiger partial charge < -0.3 is 10.1 Å². The Labute approximate surface area is 111 Å². The van der Waals surface area contributed by atoms with Crippen LogP contribution in [0.15, 0.2) is 18.2 Å². The predicted molar refractivity (Wildman–Crippen MR) is 72.3 cm³/mol. The SMILES string of the molecule is COCCCCCNc1cccc(Cl)c1[N+](=O)[O-]. The van der Waals surface area contributed by atoms with Crippen LogP contribution in [-0.4, -0.2) is 25.2 Å². The standard InChI is InChI=1S/C12H17ClN2O3/c1-18-9-4-2-3-8-14-11-7-5-6-10(13)12(11)15(16)17/h5-7,14H,2-4,8-9H2,1H3. The zero-order valence-corrected chi connectivity index (χ0v) is 11.1. The minimum Gasteiger partial charge on any atom is -0.385 e. The fraction of sp³-hybridized carbons (Fsp3) is 0.500. The molecule has 0 aromatic heterocycles. The molecule has 6 heteroatoms. The number of hydrogen-bond acceptors (Lipinski definition) is 4. The Morgan fingerprint density at radius 2 is 2.17 bits per heavy atom. The lowest BCUT2D eigenvalue weighted by Crippen LogP contribution is -2.05. The quantitative estimate of drug-likeness (QED) is 0.447. The van der Waals surface area contributed by atoms with E-state index < -0.39 is 4.92 Å². The van der Waals surface area contributed by atoms with Gasteiger partial charge in [-0.15, -0.1) is 0 Å². The van der Waals surface area contributed by atoms with Gasteiger partial charge in [-0.05, 0) is 31.4 Å². The zero-order valence-electron chi connectivity index (χ0n) is 10.3. The highest BCUT2D eigenvalue weighted by atomic mass is 35.5.